The third kappa shape index (κ3) is 3.09. The van der Waals surface area contributed by atoms with E-state index in [4.69, 9.17) is 16.0 Å². The molecule has 166 valence electrons. The third-order valence-corrected chi connectivity index (χ3v) is 6.92. The van der Waals surface area contributed by atoms with Gasteiger partial charge in [0, 0.05) is 27.2 Å². The summed E-state index contributed by atoms with van der Waals surface area (Å²) in [6.07, 6.45) is 0. The maximum absolute atomic E-state index is 13.9. The largest absolute Gasteiger partial charge is 0.439 e. The molecule has 1 aliphatic rings. The van der Waals surface area contributed by atoms with E-state index in [1.54, 1.807) is 0 Å². The Morgan fingerprint density at radius 1 is 0.657 bits per heavy atom. The summed E-state index contributed by atoms with van der Waals surface area (Å²) >= 11 is 6.19. The lowest BCUT2D eigenvalue weighted by Gasteiger charge is -2.16. The van der Waals surface area contributed by atoms with Crippen molar-refractivity contribution < 1.29 is 9.21 Å². The van der Waals surface area contributed by atoms with Crippen LogP contribution >= 0.6 is 11.6 Å². The van der Waals surface area contributed by atoms with E-state index in [-0.39, 0.29) is 5.78 Å². The summed E-state index contributed by atoms with van der Waals surface area (Å²) in [5.74, 6) is 1.09. The van der Waals surface area contributed by atoms with Crippen molar-refractivity contribution in [3.05, 3.63) is 119 Å². The molecule has 0 unspecified atom stereocenters. The average molecular weight is 472 g/mol. The van der Waals surface area contributed by atoms with Crippen molar-refractivity contribution in [3.8, 4) is 22.5 Å². The van der Waals surface area contributed by atoms with E-state index in [1.165, 1.54) is 0 Å². The van der Waals surface area contributed by atoms with Crippen molar-refractivity contribution in [2.24, 2.45) is 0 Å². The molecular formula is C31H18ClNO2. The SMILES string of the molecule is O=C1c2c(oc(Nc3ccc4ccccc4c3)c2-c2ccc(Cl)cc2)-c2cccc3cccc1c23. The monoisotopic (exact) mass is 471 g/mol. The molecule has 0 fully saturated rings. The van der Waals surface area contributed by atoms with Crippen LogP contribution in [0, 0.1) is 0 Å². The zero-order valence-electron chi connectivity index (χ0n) is 18.5. The van der Waals surface area contributed by atoms with Crippen molar-refractivity contribution in [2.75, 3.05) is 5.32 Å². The highest BCUT2D eigenvalue weighted by atomic mass is 35.5. The minimum absolute atomic E-state index is 0.0374. The first-order chi connectivity index (χ1) is 17.2. The van der Waals surface area contributed by atoms with E-state index >= 15 is 0 Å². The zero-order valence-corrected chi connectivity index (χ0v) is 19.3. The number of fused-ring (bicyclic) bond motifs is 3. The molecule has 35 heavy (non-hydrogen) atoms. The molecule has 0 saturated heterocycles. The van der Waals surface area contributed by atoms with Crippen LogP contribution in [0.1, 0.15) is 15.9 Å². The van der Waals surface area contributed by atoms with Gasteiger partial charge >= 0.3 is 0 Å². The van der Waals surface area contributed by atoms with Gasteiger partial charge in [0.1, 0.15) is 5.76 Å². The number of benzene rings is 5. The summed E-state index contributed by atoms with van der Waals surface area (Å²) in [6, 6.07) is 33.8. The van der Waals surface area contributed by atoms with Crippen LogP contribution in [0.25, 0.3) is 44.0 Å². The number of carbonyl (C=O) groups is 1. The van der Waals surface area contributed by atoms with E-state index < -0.39 is 0 Å². The van der Waals surface area contributed by atoms with Crippen molar-refractivity contribution in [1.82, 2.24) is 0 Å². The highest BCUT2D eigenvalue weighted by Gasteiger charge is 2.34. The van der Waals surface area contributed by atoms with Crippen LogP contribution in [-0.4, -0.2) is 5.78 Å². The Labute approximate surface area is 206 Å². The number of furan rings is 1. The van der Waals surface area contributed by atoms with E-state index in [0.29, 0.717) is 27.8 Å². The Morgan fingerprint density at radius 2 is 1.37 bits per heavy atom. The fourth-order valence-electron chi connectivity index (χ4n) is 5.07. The smallest absolute Gasteiger partial charge is 0.206 e. The molecule has 1 aliphatic carbocycles. The zero-order chi connectivity index (χ0) is 23.5. The Bertz CT molecular complexity index is 1790. The summed E-state index contributed by atoms with van der Waals surface area (Å²) in [5, 5.41) is 8.33. The summed E-state index contributed by atoms with van der Waals surface area (Å²) in [5.41, 5.74) is 4.67. The second kappa shape index (κ2) is 7.59. The molecule has 0 amide bonds. The molecule has 0 spiro atoms. The number of anilines is 2. The lowest BCUT2D eigenvalue weighted by molar-refractivity contribution is 0.104. The second-order valence-electron chi connectivity index (χ2n) is 8.74. The normalized spacial score (nSPS) is 12.2. The maximum Gasteiger partial charge on any atom is 0.206 e. The molecule has 0 atom stereocenters. The topological polar surface area (TPSA) is 42.2 Å². The minimum atomic E-state index is -0.0374. The lowest BCUT2D eigenvalue weighted by Crippen LogP contribution is -2.09. The Balaban J connectivity index is 1.48. The van der Waals surface area contributed by atoms with Gasteiger partial charge in [-0.3, -0.25) is 4.79 Å². The first kappa shape index (κ1) is 20.1. The standard InChI is InChI=1S/C31H18ClNO2/c32-22-14-11-20(12-15-22)27-28-29(34)24-9-3-7-19-8-4-10-25(26(19)24)30(28)35-31(27)33-23-16-13-18-5-1-2-6-21(18)17-23/h1-17,33H. The molecular weight excluding hydrogens is 454 g/mol. The van der Waals surface area contributed by atoms with E-state index in [2.05, 4.69) is 29.6 Å². The number of halogens is 1. The van der Waals surface area contributed by atoms with E-state index in [9.17, 15) is 4.79 Å². The molecule has 0 radical (unpaired) electrons. The van der Waals surface area contributed by atoms with E-state index in [1.807, 2.05) is 78.9 Å². The van der Waals surface area contributed by atoms with Gasteiger partial charge in [-0.1, -0.05) is 90.5 Å². The van der Waals surface area contributed by atoms with Crippen LogP contribution in [0.4, 0.5) is 11.6 Å². The molecule has 0 bridgehead atoms. The van der Waals surface area contributed by atoms with Gasteiger partial charge in [-0.15, -0.1) is 0 Å². The lowest BCUT2D eigenvalue weighted by atomic mass is 9.84. The van der Waals surface area contributed by atoms with Gasteiger partial charge in [-0.05, 0) is 46.0 Å². The Hall–Kier alpha value is -4.34. The highest BCUT2D eigenvalue weighted by Crippen LogP contribution is 2.48. The quantitative estimate of drug-likeness (QED) is 0.280. The average Bonchev–Trinajstić information content (AvgIpc) is 3.27. The van der Waals surface area contributed by atoms with Crippen LogP contribution in [0.15, 0.2) is 108 Å². The van der Waals surface area contributed by atoms with Crippen LogP contribution in [0.5, 0.6) is 0 Å². The first-order valence-electron chi connectivity index (χ1n) is 11.4. The molecule has 1 aromatic heterocycles. The Kier molecular flexibility index (Phi) is 4.35. The molecule has 7 rings (SSSR count). The van der Waals surface area contributed by atoms with Gasteiger partial charge in [0.2, 0.25) is 5.88 Å². The number of hydrogen-bond acceptors (Lipinski definition) is 3. The fraction of sp³-hybridized carbons (Fsp3) is 0. The van der Waals surface area contributed by atoms with Gasteiger partial charge in [0.25, 0.3) is 0 Å². The number of nitrogens with one attached hydrogen (secondary N) is 1. The molecule has 6 aromatic rings. The maximum atomic E-state index is 13.9. The molecule has 1 N–H and O–H groups in total. The number of rotatable bonds is 3. The molecule has 3 nitrogen and oxygen atoms in total. The van der Waals surface area contributed by atoms with Gasteiger partial charge in [-0.2, -0.15) is 0 Å². The first-order valence-corrected chi connectivity index (χ1v) is 11.8. The summed E-state index contributed by atoms with van der Waals surface area (Å²) < 4.78 is 6.49. The molecule has 0 saturated carbocycles. The number of hydrogen-bond donors (Lipinski definition) is 1. The van der Waals surface area contributed by atoms with Crippen molar-refractivity contribution >= 4 is 50.5 Å². The third-order valence-electron chi connectivity index (χ3n) is 6.67. The summed E-state index contributed by atoms with van der Waals surface area (Å²) in [4.78, 5) is 13.9. The second-order valence-corrected chi connectivity index (χ2v) is 9.18. The van der Waals surface area contributed by atoms with Gasteiger partial charge < -0.3 is 9.73 Å². The van der Waals surface area contributed by atoms with Gasteiger partial charge in [0.05, 0.1) is 11.1 Å². The van der Waals surface area contributed by atoms with E-state index in [0.717, 1.165) is 43.9 Å². The van der Waals surface area contributed by atoms with Crippen molar-refractivity contribution in [1.29, 1.82) is 0 Å². The van der Waals surface area contributed by atoms with Gasteiger partial charge in [-0.25, -0.2) is 0 Å². The van der Waals surface area contributed by atoms with Crippen LogP contribution < -0.4 is 5.32 Å². The van der Waals surface area contributed by atoms with Crippen LogP contribution in [0.2, 0.25) is 5.02 Å². The van der Waals surface area contributed by atoms with Crippen LogP contribution in [-0.2, 0) is 0 Å². The fourth-order valence-corrected chi connectivity index (χ4v) is 5.20. The molecule has 0 aliphatic heterocycles. The molecule has 4 heteroatoms. The Morgan fingerprint density at radius 3 is 2.17 bits per heavy atom. The summed E-state index contributed by atoms with van der Waals surface area (Å²) in [7, 11) is 0. The van der Waals surface area contributed by atoms with Gasteiger partial charge in [0.15, 0.2) is 5.78 Å². The minimum Gasteiger partial charge on any atom is -0.439 e. The molecule has 1 heterocycles. The number of carbonyl (C=O) groups excluding carboxylic acids is 1. The van der Waals surface area contributed by atoms with Crippen molar-refractivity contribution in [3.63, 3.8) is 0 Å². The predicted molar refractivity (Wildman–Crippen MR) is 143 cm³/mol. The van der Waals surface area contributed by atoms with Crippen LogP contribution in [0.3, 0.4) is 0 Å². The molecule has 5 aromatic carbocycles. The summed E-state index contributed by atoms with van der Waals surface area (Å²) in [6.45, 7) is 0. The van der Waals surface area contributed by atoms with Crippen molar-refractivity contribution in [2.45, 2.75) is 0 Å². The predicted octanol–water partition coefficient (Wildman–Crippen LogP) is 8.86. The number of ketones is 1. The highest BCUT2D eigenvalue weighted by molar-refractivity contribution is 6.31.